The summed E-state index contributed by atoms with van der Waals surface area (Å²) < 4.78 is 0. The lowest BCUT2D eigenvalue weighted by Gasteiger charge is -2.24. The zero-order chi connectivity index (χ0) is 17.1. The van der Waals surface area contributed by atoms with Crippen molar-refractivity contribution in [2.45, 2.75) is 18.9 Å². The summed E-state index contributed by atoms with van der Waals surface area (Å²) in [5, 5.41) is 0. The Morgan fingerprint density at radius 3 is 2.60 bits per heavy atom. The van der Waals surface area contributed by atoms with E-state index in [1.165, 1.54) is 0 Å². The summed E-state index contributed by atoms with van der Waals surface area (Å²) in [5.74, 6) is 0.512. The van der Waals surface area contributed by atoms with E-state index in [0.717, 1.165) is 30.6 Å². The van der Waals surface area contributed by atoms with E-state index >= 15 is 0 Å². The number of hydrogen-bond acceptors (Lipinski definition) is 5. The van der Waals surface area contributed by atoms with E-state index in [4.69, 9.17) is 0 Å². The average Bonchev–Trinajstić information content (AvgIpc) is 3.19. The molecular formula is C19H17N5O. The highest BCUT2D eigenvalue weighted by Crippen LogP contribution is 2.31. The van der Waals surface area contributed by atoms with Gasteiger partial charge in [0, 0.05) is 43.1 Å². The van der Waals surface area contributed by atoms with Crippen molar-refractivity contribution in [1.29, 1.82) is 0 Å². The Labute approximate surface area is 145 Å². The lowest BCUT2D eigenvalue weighted by molar-refractivity contribution is 0.0732. The number of amides is 1. The Morgan fingerprint density at radius 2 is 1.88 bits per heavy atom. The lowest BCUT2D eigenvalue weighted by atomic mass is 10.1. The van der Waals surface area contributed by atoms with Crippen LogP contribution < -0.4 is 0 Å². The number of likely N-dealkylation sites (tertiary alicyclic amines) is 1. The van der Waals surface area contributed by atoms with E-state index in [-0.39, 0.29) is 11.9 Å². The van der Waals surface area contributed by atoms with Crippen molar-refractivity contribution in [2.24, 2.45) is 0 Å². The highest BCUT2D eigenvalue weighted by molar-refractivity contribution is 5.94. The first kappa shape index (κ1) is 15.4. The van der Waals surface area contributed by atoms with Crippen LogP contribution in [0.15, 0.2) is 61.3 Å². The molecule has 0 aliphatic carbocycles. The minimum atomic E-state index is -0.0501. The summed E-state index contributed by atoms with van der Waals surface area (Å²) in [6.45, 7) is 0.727. The molecule has 0 N–H and O–H groups in total. The van der Waals surface area contributed by atoms with Crippen LogP contribution in [0.3, 0.4) is 0 Å². The van der Waals surface area contributed by atoms with Gasteiger partial charge in [-0.1, -0.05) is 6.07 Å². The van der Waals surface area contributed by atoms with Gasteiger partial charge in [0.15, 0.2) is 5.82 Å². The van der Waals surface area contributed by atoms with Crippen LogP contribution in [-0.2, 0) is 0 Å². The molecule has 1 aliphatic heterocycles. The van der Waals surface area contributed by atoms with Crippen molar-refractivity contribution < 1.29 is 4.79 Å². The third-order valence-electron chi connectivity index (χ3n) is 4.36. The first-order valence-corrected chi connectivity index (χ1v) is 8.27. The predicted octanol–water partition coefficient (Wildman–Crippen LogP) is 2.91. The molecule has 124 valence electrons. The highest BCUT2D eigenvalue weighted by Gasteiger charge is 2.31. The first-order valence-electron chi connectivity index (χ1n) is 8.27. The van der Waals surface area contributed by atoms with Gasteiger partial charge in [-0.15, -0.1) is 0 Å². The van der Waals surface area contributed by atoms with Crippen LogP contribution in [0.4, 0.5) is 0 Å². The standard InChI is InChI=1S/C19H17N5O/c25-19(24-10-4-7-17(24)16-6-1-2-9-21-16)15-12-22-18(23-13-15)14-5-3-8-20-11-14/h1-3,5-6,8-9,11-13,17H,4,7,10H2/t17-/m0/s1. The predicted molar refractivity (Wildman–Crippen MR) is 92.5 cm³/mol. The second kappa shape index (κ2) is 6.76. The minimum absolute atomic E-state index is 0.0201. The summed E-state index contributed by atoms with van der Waals surface area (Å²) in [5.41, 5.74) is 2.26. The molecule has 1 aliphatic rings. The number of carbonyl (C=O) groups is 1. The monoisotopic (exact) mass is 331 g/mol. The molecule has 0 radical (unpaired) electrons. The molecule has 0 bridgehead atoms. The molecule has 1 atom stereocenters. The number of nitrogens with zero attached hydrogens (tertiary/aromatic N) is 5. The van der Waals surface area contributed by atoms with Gasteiger partial charge in [0.05, 0.1) is 17.3 Å². The quantitative estimate of drug-likeness (QED) is 0.738. The van der Waals surface area contributed by atoms with Gasteiger partial charge < -0.3 is 4.90 Å². The second-order valence-corrected chi connectivity index (χ2v) is 5.95. The molecule has 0 spiro atoms. The summed E-state index contributed by atoms with van der Waals surface area (Å²) in [6.07, 6.45) is 10.2. The van der Waals surface area contributed by atoms with E-state index in [2.05, 4.69) is 19.9 Å². The Morgan fingerprint density at radius 1 is 1.00 bits per heavy atom. The SMILES string of the molecule is O=C(c1cnc(-c2cccnc2)nc1)N1CCC[C@H]1c1ccccn1. The van der Waals surface area contributed by atoms with Gasteiger partial charge in [-0.05, 0) is 37.1 Å². The minimum Gasteiger partial charge on any atom is -0.330 e. The van der Waals surface area contributed by atoms with Crippen molar-refractivity contribution in [1.82, 2.24) is 24.8 Å². The molecule has 4 rings (SSSR count). The largest absolute Gasteiger partial charge is 0.330 e. The number of carbonyl (C=O) groups excluding carboxylic acids is 1. The van der Waals surface area contributed by atoms with Gasteiger partial charge in [-0.25, -0.2) is 9.97 Å². The van der Waals surface area contributed by atoms with Crippen molar-refractivity contribution >= 4 is 5.91 Å². The molecule has 1 fully saturated rings. The number of hydrogen-bond donors (Lipinski definition) is 0. The molecule has 3 aromatic heterocycles. The summed E-state index contributed by atoms with van der Waals surface area (Å²) in [4.78, 5) is 31.9. The van der Waals surface area contributed by atoms with Crippen LogP contribution in [0.25, 0.3) is 11.4 Å². The second-order valence-electron chi connectivity index (χ2n) is 5.95. The fourth-order valence-electron chi connectivity index (χ4n) is 3.14. The molecule has 25 heavy (non-hydrogen) atoms. The van der Waals surface area contributed by atoms with E-state index in [1.807, 2.05) is 35.2 Å². The Balaban J connectivity index is 1.56. The van der Waals surface area contributed by atoms with E-state index in [0.29, 0.717) is 11.4 Å². The summed E-state index contributed by atoms with van der Waals surface area (Å²) >= 11 is 0. The van der Waals surface area contributed by atoms with Crippen molar-refractivity contribution in [3.8, 4) is 11.4 Å². The molecule has 0 saturated carbocycles. The highest BCUT2D eigenvalue weighted by atomic mass is 16.2. The fourth-order valence-corrected chi connectivity index (χ4v) is 3.14. The van der Waals surface area contributed by atoms with Crippen LogP contribution >= 0.6 is 0 Å². The third-order valence-corrected chi connectivity index (χ3v) is 4.36. The molecule has 6 heteroatoms. The Bertz CT molecular complexity index is 852. The number of rotatable bonds is 3. The topological polar surface area (TPSA) is 71.9 Å². The molecule has 1 saturated heterocycles. The van der Waals surface area contributed by atoms with Crippen LogP contribution in [0, 0.1) is 0 Å². The van der Waals surface area contributed by atoms with Crippen LogP contribution in [0.1, 0.15) is 34.9 Å². The zero-order valence-electron chi connectivity index (χ0n) is 13.6. The molecule has 3 aromatic rings. The normalized spacial score (nSPS) is 16.8. The van der Waals surface area contributed by atoms with Gasteiger partial charge in [0.2, 0.25) is 0 Å². The van der Waals surface area contributed by atoms with E-state index in [1.54, 1.807) is 31.0 Å². The van der Waals surface area contributed by atoms with E-state index < -0.39 is 0 Å². The maximum atomic E-state index is 12.9. The van der Waals surface area contributed by atoms with Crippen molar-refractivity contribution in [3.05, 3.63) is 72.6 Å². The average molecular weight is 331 g/mol. The van der Waals surface area contributed by atoms with Gasteiger partial charge in [0.1, 0.15) is 0 Å². The smallest absolute Gasteiger partial charge is 0.257 e. The summed E-state index contributed by atoms with van der Waals surface area (Å²) in [7, 11) is 0. The molecule has 6 nitrogen and oxygen atoms in total. The molecule has 0 aromatic carbocycles. The molecule has 4 heterocycles. The first-order chi connectivity index (χ1) is 12.3. The van der Waals surface area contributed by atoms with Crippen LogP contribution in [0.2, 0.25) is 0 Å². The van der Waals surface area contributed by atoms with Gasteiger partial charge in [0.25, 0.3) is 5.91 Å². The van der Waals surface area contributed by atoms with Gasteiger partial charge >= 0.3 is 0 Å². The molecule has 0 unspecified atom stereocenters. The number of aromatic nitrogens is 4. The van der Waals surface area contributed by atoms with Crippen molar-refractivity contribution in [2.75, 3.05) is 6.54 Å². The third kappa shape index (κ3) is 3.10. The Hall–Kier alpha value is -3.15. The van der Waals surface area contributed by atoms with E-state index in [9.17, 15) is 4.79 Å². The zero-order valence-corrected chi connectivity index (χ0v) is 13.6. The lowest BCUT2D eigenvalue weighted by Crippen LogP contribution is -2.31. The van der Waals surface area contributed by atoms with Gasteiger partial charge in [-0.2, -0.15) is 0 Å². The number of pyridine rings is 2. The van der Waals surface area contributed by atoms with Crippen molar-refractivity contribution in [3.63, 3.8) is 0 Å². The summed E-state index contributed by atoms with van der Waals surface area (Å²) in [6, 6.07) is 9.55. The molecule has 1 amide bonds. The van der Waals surface area contributed by atoms with Crippen LogP contribution in [0.5, 0.6) is 0 Å². The fraction of sp³-hybridized carbons (Fsp3) is 0.211. The maximum Gasteiger partial charge on any atom is 0.257 e. The maximum absolute atomic E-state index is 12.9. The van der Waals surface area contributed by atoms with Crippen LogP contribution in [-0.4, -0.2) is 37.3 Å². The Kier molecular flexibility index (Phi) is 4.16. The molecular weight excluding hydrogens is 314 g/mol. The van der Waals surface area contributed by atoms with Gasteiger partial charge in [-0.3, -0.25) is 14.8 Å².